The largest absolute Gasteiger partial charge is 0.326 e. The Bertz CT molecular complexity index is 831. The lowest BCUT2D eigenvalue weighted by Gasteiger charge is -2.15. The van der Waals surface area contributed by atoms with Crippen LogP contribution in [0.3, 0.4) is 0 Å². The van der Waals surface area contributed by atoms with Crippen molar-refractivity contribution >= 4 is 23.4 Å². The van der Waals surface area contributed by atoms with Gasteiger partial charge in [0.25, 0.3) is 11.8 Å². The van der Waals surface area contributed by atoms with Crippen molar-refractivity contribution in [3.8, 4) is 0 Å². The van der Waals surface area contributed by atoms with Crippen molar-refractivity contribution in [3.05, 3.63) is 58.4 Å². The Morgan fingerprint density at radius 3 is 2.36 bits per heavy atom. The maximum atomic E-state index is 12.3. The van der Waals surface area contributed by atoms with E-state index in [1.165, 1.54) is 18.5 Å². The molecule has 2 aromatic rings. The summed E-state index contributed by atoms with van der Waals surface area (Å²) in [7, 11) is 0. The predicted molar refractivity (Wildman–Crippen MR) is 93.5 cm³/mol. The summed E-state index contributed by atoms with van der Waals surface area (Å²) in [4.78, 5) is 41.8. The van der Waals surface area contributed by atoms with Gasteiger partial charge in [-0.15, -0.1) is 0 Å². The first kappa shape index (κ1) is 16.8. The molecular formula is C19H19N3O3. The number of hydrogen-bond donors (Lipinski definition) is 1. The van der Waals surface area contributed by atoms with Crippen LogP contribution >= 0.6 is 0 Å². The van der Waals surface area contributed by atoms with E-state index in [2.05, 4.69) is 10.3 Å². The van der Waals surface area contributed by atoms with E-state index >= 15 is 0 Å². The summed E-state index contributed by atoms with van der Waals surface area (Å²) in [5, 5.41) is 2.88. The SMILES string of the molecule is Cc1cc(C)c(NC(=O)CCN2C(=O)c3ccncc3C2=O)c(C)c1. The number of imide groups is 1. The first-order valence-corrected chi connectivity index (χ1v) is 8.06. The van der Waals surface area contributed by atoms with Crippen molar-refractivity contribution < 1.29 is 14.4 Å². The van der Waals surface area contributed by atoms with Crippen molar-refractivity contribution in [2.75, 3.05) is 11.9 Å². The van der Waals surface area contributed by atoms with Crippen molar-refractivity contribution in [1.82, 2.24) is 9.88 Å². The smallest absolute Gasteiger partial charge is 0.263 e. The lowest BCUT2D eigenvalue weighted by atomic mass is 10.1. The highest BCUT2D eigenvalue weighted by atomic mass is 16.2. The predicted octanol–water partition coefficient (Wildman–Crippen LogP) is 2.63. The van der Waals surface area contributed by atoms with Gasteiger partial charge in [-0.05, 0) is 38.0 Å². The Morgan fingerprint density at radius 2 is 1.72 bits per heavy atom. The standard InChI is InChI=1S/C19H19N3O3/c1-11-8-12(2)17(13(3)9-11)21-16(23)5-7-22-18(24)14-4-6-20-10-15(14)19(22)25/h4,6,8-10H,5,7H2,1-3H3,(H,21,23). The number of carbonyl (C=O) groups excluding carboxylic acids is 3. The number of aryl methyl sites for hydroxylation is 3. The molecule has 0 atom stereocenters. The summed E-state index contributed by atoms with van der Waals surface area (Å²) in [6.07, 6.45) is 2.91. The molecule has 3 amide bonds. The normalized spacial score (nSPS) is 13.2. The van der Waals surface area contributed by atoms with Gasteiger partial charge in [0.2, 0.25) is 5.91 Å². The highest BCUT2D eigenvalue weighted by Gasteiger charge is 2.35. The molecule has 0 bridgehead atoms. The van der Waals surface area contributed by atoms with Gasteiger partial charge in [0.1, 0.15) is 0 Å². The van der Waals surface area contributed by atoms with Crippen LogP contribution in [0.2, 0.25) is 0 Å². The molecular weight excluding hydrogens is 318 g/mol. The van der Waals surface area contributed by atoms with E-state index < -0.39 is 5.91 Å². The number of hydrogen-bond acceptors (Lipinski definition) is 4. The zero-order chi connectivity index (χ0) is 18.1. The molecule has 2 heterocycles. The van der Waals surface area contributed by atoms with E-state index in [1.54, 1.807) is 0 Å². The van der Waals surface area contributed by atoms with Crippen LogP contribution in [0.4, 0.5) is 5.69 Å². The lowest BCUT2D eigenvalue weighted by molar-refractivity contribution is -0.116. The number of fused-ring (bicyclic) bond motifs is 1. The Morgan fingerprint density at radius 1 is 1.08 bits per heavy atom. The molecule has 6 nitrogen and oxygen atoms in total. The Kier molecular flexibility index (Phi) is 4.35. The fourth-order valence-electron chi connectivity index (χ4n) is 3.13. The molecule has 1 aromatic heterocycles. The minimum atomic E-state index is -0.399. The minimum absolute atomic E-state index is 0.0438. The fourth-order valence-corrected chi connectivity index (χ4v) is 3.13. The monoisotopic (exact) mass is 337 g/mol. The summed E-state index contributed by atoms with van der Waals surface area (Å²) >= 11 is 0. The maximum Gasteiger partial charge on any atom is 0.263 e. The minimum Gasteiger partial charge on any atom is -0.326 e. The molecule has 128 valence electrons. The van der Waals surface area contributed by atoms with Gasteiger partial charge >= 0.3 is 0 Å². The average Bonchev–Trinajstić information content (AvgIpc) is 2.81. The average molecular weight is 337 g/mol. The van der Waals surface area contributed by atoms with Crippen molar-refractivity contribution in [3.63, 3.8) is 0 Å². The molecule has 25 heavy (non-hydrogen) atoms. The number of anilines is 1. The van der Waals surface area contributed by atoms with E-state index in [0.717, 1.165) is 27.3 Å². The van der Waals surface area contributed by atoms with Crippen LogP contribution in [0.15, 0.2) is 30.6 Å². The number of nitrogens with zero attached hydrogens (tertiary/aromatic N) is 2. The topological polar surface area (TPSA) is 79.4 Å². The zero-order valence-corrected chi connectivity index (χ0v) is 14.4. The van der Waals surface area contributed by atoms with Crippen LogP contribution in [-0.4, -0.2) is 34.2 Å². The third kappa shape index (κ3) is 3.15. The summed E-state index contributed by atoms with van der Waals surface area (Å²) in [6, 6.07) is 5.52. The first-order chi connectivity index (χ1) is 11.9. The third-order valence-electron chi connectivity index (χ3n) is 4.28. The Balaban J connectivity index is 1.66. The fraction of sp³-hybridized carbons (Fsp3) is 0.263. The lowest BCUT2D eigenvalue weighted by Crippen LogP contribution is -2.33. The van der Waals surface area contributed by atoms with Crippen molar-refractivity contribution in [2.24, 2.45) is 0 Å². The van der Waals surface area contributed by atoms with Crippen LogP contribution in [-0.2, 0) is 4.79 Å². The molecule has 1 aliphatic rings. The van der Waals surface area contributed by atoms with Gasteiger partial charge in [-0.25, -0.2) is 0 Å². The second-order valence-corrected chi connectivity index (χ2v) is 6.26. The van der Waals surface area contributed by atoms with Crippen LogP contribution in [0, 0.1) is 20.8 Å². The number of amides is 3. The summed E-state index contributed by atoms with van der Waals surface area (Å²) in [6.45, 7) is 5.92. The highest BCUT2D eigenvalue weighted by Crippen LogP contribution is 2.23. The second kappa shape index (κ2) is 6.47. The van der Waals surface area contributed by atoms with Gasteiger partial charge in [0, 0.05) is 31.0 Å². The zero-order valence-electron chi connectivity index (χ0n) is 14.4. The number of rotatable bonds is 4. The number of carbonyl (C=O) groups is 3. The van der Waals surface area contributed by atoms with Crippen LogP contribution in [0.1, 0.15) is 43.8 Å². The molecule has 0 saturated carbocycles. The molecule has 0 radical (unpaired) electrons. The molecule has 0 spiro atoms. The Labute approximate surface area is 145 Å². The van der Waals surface area contributed by atoms with E-state index in [-0.39, 0.29) is 30.3 Å². The van der Waals surface area contributed by atoms with Crippen LogP contribution in [0.25, 0.3) is 0 Å². The first-order valence-electron chi connectivity index (χ1n) is 8.06. The van der Waals surface area contributed by atoms with E-state index in [1.807, 2.05) is 32.9 Å². The van der Waals surface area contributed by atoms with Crippen molar-refractivity contribution in [2.45, 2.75) is 27.2 Å². The Hall–Kier alpha value is -3.02. The van der Waals surface area contributed by atoms with Crippen LogP contribution in [0.5, 0.6) is 0 Å². The number of aromatic nitrogens is 1. The van der Waals surface area contributed by atoms with Gasteiger partial charge in [0.05, 0.1) is 11.1 Å². The summed E-state index contributed by atoms with van der Waals surface area (Å²) in [5.41, 5.74) is 4.51. The molecule has 0 aliphatic carbocycles. The van der Waals surface area contributed by atoms with E-state index in [0.29, 0.717) is 5.56 Å². The summed E-state index contributed by atoms with van der Waals surface area (Å²) in [5.74, 6) is -1.01. The van der Waals surface area contributed by atoms with Gasteiger partial charge < -0.3 is 5.32 Å². The molecule has 0 fully saturated rings. The summed E-state index contributed by atoms with van der Waals surface area (Å²) < 4.78 is 0. The van der Waals surface area contributed by atoms with Crippen LogP contribution < -0.4 is 5.32 Å². The molecule has 1 aliphatic heterocycles. The molecule has 3 rings (SSSR count). The molecule has 0 saturated heterocycles. The van der Waals surface area contributed by atoms with Crippen molar-refractivity contribution in [1.29, 1.82) is 0 Å². The highest BCUT2D eigenvalue weighted by molar-refractivity contribution is 6.21. The van der Waals surface area contributed by atoms with E-state index in [4.69, 9.17) is 0 Å². The number of pyridine rings is 1. The second-order valence-electron chi connectivity index (χ2n) is 6.26. The quantitative estimate of drug-likeness (QED) is 0.870. The van der Waals surface area contributed by atoms with Gasteiger partial charge in [-0.3, -0.25) is 24.3 Å². The molecule has 0 unspecified atom stereocenters. The van der Waals surface area contributed by atoms with Gasteiger partial charge in [-0.1, -0.05) is 17.7 Å². The molecule has 6 heteroatoms. The number of benzene rings is 1. The molecule has 1 aromatic carbocycles. The van der Waals surface area contributed by atoms with E-state index in [9.17, 15) is 14.4 Å². The van der Waals surface area contributed by atoms with Gasteiger partial charge in [-0.2, -0.15) is 0 Å². The third-order valence-corrected chi connectivity index (χ3v) is 4.28. The molecule has 1 N–H and O–H groups in total. The van der Waals surface area contributed by atoms with Gasteiger partial charge in [0.15, 0.2) is 0 Å². The number of nitrogens with one attached hydrogen (secondary N) is 1. The maximum absolute atomic E-state index is 12.3.